The Balaban J connectivity index is 1.25. The highest BCUT2D eigenvalue weighted by atomic mass is 32.1. The largest absolute Gasteiger partial charge is 0.497 e. The molecular weight excluding hydrogens is 408 g/mol. The maximum absolute atomic E-state index is 12.3. The quantitative estimate of drug-likeness (QED) is 0.604. The summed E-state index contributed by atoms with van der Waals surface area (Å²) in [5.74, 6) is 2.20. The van der Waals surface area contributed by atoms with Gasteiger partial charge in [-0.2, -0.15) is 4.37 Å². The van der Waals surface area contributed by atoms with Gasteiger partial charge in [-0.3, -0.25) is 4.79 Å². The van der Waals surface area contributed by atoms with Crippen LogP contribution >= 0.6 is 11.5 Å². The van der Waals surface area contributed by atoms with Crippen molar-refractivity contribution in [2.45, 2.75) is 26.2 Å². The SMILES string of the molecule is COc1cccc(Cc2nsc(N3CCC(CNC(=O)c4ccc(C)cc4)CC3)n2)c1. The van der Waals surface area contributed by atoms with E-state index in [1.54, 1.807) is 7.11 Å². The summed E-state index contributed by atoms with van der Waals surface area (Å²) in [5, 5.41) is 4.08. The Bertz CT molecular complexity index is 1010. The summed E-state index contributed by atoms with van der Waals surface area (Å²) in [7, 11) is 1.68. The zero-order valence-electron chi connectivity index (χ0n) is 18.0. The molecule has 1 fully saturated rings. The lowest BCUT2D eigenvalue weighted by Crippen LogP contribution is -2.38. The lowest BCUT2D eigenvalue weighted by Gasteiger charge is -2.31. The predicted molar refractivity (Wildman–Crippen MR) is 124 cm³/mol. The monoisotopic (exact) mass is 436 g/mol. The molecule has 1 amide bonds. The topological polar surface area (TPSA) is 67.3 Å². The molecule has 0 unspecified atom stereocenters. The summed E-state index contributed by atoms with van der Waals surface area (Å²) in [6, 6.07) is 15.7. The fourth-order valence-electron chi connectivity index (χ4n) is 3.78. The number of piperidine rings is 1. The van der Waals surface area contributed by atoms with Gasteiger partial charge >= 0.3 is 0 Å². The molecule has 1 N–H and O–H groups in total. The Morgan fingerprint density at radius 3 is 2.71 bits per heavy atom. The molecule has 6 nitrogen and oxygen atoms in total. The Labute approximate surface area is 187 Å². The first-order valence-corrected chi connectivity index (χ1v) is 11.4. The number of hydrogen-bond donors (Lipinski definition) is 1. The number of carbonyl (C=O) groups is 1. The van der Waals surface area contributed by atoms with Gasteiger partial charge in [-0.1, -0.05) is 29.8 Å². The van der Waals surface area contributed by atoms with Crippen LogP contribution in [0.2, 0.25) is 0 Å². The number of rotatable bonds is 7. The van der Waals surface area contributed by atoms with Gasteiger partial charge < -0.3 is 15.0 Å². The van der Waals surface area contributed by atoms with E-state index in [4.69, 9.17) is 9.72 Å². The number of ether oxygens (including phenoxy) is 1. The van der Waals surface area contributed by atoms with E-state index in [-0.39, 0.29) is 5.91 Å². The Morgan fingerprint density at radius 2 is 1.97 bits per heavy atom. The number of amides is 1. The van der Waals surface area contributed by atoms with Crippen molar-refractivity contribution in [2.75, 3.05) is 31.6 Å². The van der Waals surface area contributed by atoms with E-state index in [0.29, 0.717) is 12.3 Å². The van der Waals surface area contributed by atoms with Crippen molar-refractivity contribution in [1.82, 2.24) is 14.7 Å². The second kappa shape index (κ2) is 9.92. The number of aryl methyl sites for hydroxylation is 1. The molecule has 31 heavy (non-hydrogen) atoms. The summed E-state index contributed by atoms with van der Waals surface area (Å²) in [6.07, 6.45) is 2.78. The highest BCUT2D eigenvalue weighted by Gasteiger charge is 2.22. The van der Waals surface area contributed by atoms with Gasteiger partial charge in [-0.05, 0) is 55.5 Å². The van der Waals surface area contributed by atoms with E-state index in [1.807, 2.05) is 49.4 Å². The van der Waals surface area contributed by atoms with Crippen molar-refractivity contribution in [3.05, 3.63) is 71.0 Å². The molecule has 0 atom stereocenters. The summed E-state index contributed by atoms with van der Waals surface area (Å²) in [6.45, 7) is 4.63. The highest BCUT2D eigenvalue weighted by molar-refractivity contribution is 7.09. The third kappa shape index (κ3) is 5.61. The van der Waals surface area contributed by atoms with E-state index in [0.717, 1.165) is 65.9 Å². The molecule has 7 heteroatoms. The van der Waals surface area contributed by atoms with Crippen LogP contribution in [0.1, 0.15) is 40.2 Å². The van der Waals surface area contributed by atoms with E-state index >= 15 is 0 Å². The number of methoxy groups -OCH3 is 1. The lowest BCUT2D eigenvalue weighted by molar-refractivity contribution is 0.0945. The van der Waals surface area contributed by atoms with Crippen molar-refractivity contribution < 1.29 is 9.53 Å². The number of aromatic nitrogens is 2. The third-order valence-corrected chi connectivity index (χ3v) is 6.52. The van der Waals surface area contributed by atoms with Gasteiger partial charge in [-0.15, -0.1) is 0 Å². The van der Waals surface area contributed by atoms with Gasteiger partial charge in [0.2, 0.25) is 5.13 Å². The zero-order valence-corrected chi connectivity index (χ0v) is 18.8. The lowest BCUT2D eigenvalue weighted by atomic mass is 9.97. The van der Waals surface area contributed by atoms with Gasteiger partial charge in [0, 0.05) is 43.2 Å². The summed E-state index contributed by atoms with van der Waals surface area (Å²) in [5.41, 5.74) is 3.03. The molecule has 1 saturated heterocycles. The standard InChI is InChI=1S/C24H28N4O2S/c1-17-6-8-20(9-7-17)23(29)25-16-18-10-12-28(13-11-18)24-26-22(27-31-24)15-19-4-3-5-21(14-19)30-2/h3-9,14,18H,10-13,15-16H2,1-2H3,(H,25,29). The molecule has 0 saturated carbocycles. The van der Waals surface area contributed by atoms with Gasteiger partial charge in [0.1, 0.15) is 11.6 Å². The molecule has 2 heterocycles. The van der Waals surface area contributed by atoms with Crippen molar-refractivity contribution >= 4 is 22.6 Å². The van der Waals surface area contributed by atoms with Crippen LogP contribution in [0.15, 0.2) is 48.5 Å². The minimum Gasteiger partial charge on any atom is -0.497 e. The highest BCUT2D eigenvalue weighted by Crippen LogP contribution is 2.25. The first kappa shape index (κ1) is 21.3. The number of nitrogens with zero attached hydrogens (tertiary/aromatic N) is 3. The van der Waals surface area contributed by atoms with Crippen LogP contribution in [0.25, 0.3) is 0 Å². The van der Waals surface area contributed by atoms with Crippen LogP contribution < -0.4 is 15.0 Å². The van der Waals surface area contributed by atoms with E-state index < -0.39 is 0 Å². The number of nitrogens with one attached hydrogen (secondary N) is 1. The number of carbonyl (C=O) groups excluding carboxylic acids is 1. The number of anilines is 1. The molecule has 1 aromatic heterocycles. The second-order valence-electron chi connectivity index (χ2n) is 8.03. The molecule has 0 radical (unpaired) electrons. The number of hydrogen-bond acceptors (Lipinski definition) is 6. The van der Waals surface area contributed by atoms with Crippen LogP contribution in [0.5, 0.6) is 5.75 Å². The molecule has 0 aliphatic carbocycles. The van der Waals surface area contributed by atoms with Crippen molar-refractivity contribution in [3.8, 4) is 5.75 Å². The fourth-order valence-corrected chi connectivity index (χ4v) is 4.52. The minimum absolute atomic E-state index is 0.00809. The first-order valence-electron chi connectivity index (χ1n) is 10.7. The first-order chi connectivity index (χ1) is 15.1. The molecule has 2 aromatic carbocycles. The smallest absolute Gasteiger partial charge is 0.251 e. The molecule has 4 rings (SSSR count). The van der Waals surface area contributed by atoms with E-state index in [1.165, 1.54) is 11.5 Å². The fraction of sp³-hybridized carbons (Fsp3) is 0.375. The van der Waals surface area contributed by atoms with Crippen molar-refractivity contribution in [2.24, 2.45) is 5.92 Å². The summed E-state index contributed by atoms with van der Waals surface area (Å²) in [4.78, 5) is 19.4. The Morgan fingerprint density at radius 1 is 1.19 bits per heavy atom. The summed E-state index contributed by atoms with van der Waals surface area (Å²) < 4.78 is 9.85. The molecule has 0 spiro atoms. The maximum Gasteiger partial charge on any atom is 0.251 e. The normalized spacial score (nSPS) is 14.5. The summed E-state index contributed by atoms with van der Waals surface area (Å²) >= 11 is 1.47. The second-order valence-corrected chi connectivity index (χ2v) is 8.76. The van der Waals surface area contributed by atoms with Gasteiger partial charge in [0.25, 0.3) is 5.91 Å². The average molecular weight is 437 g/mol. The molecule has 1 aliphatic rings. The van der Waals surface area contributed by atoms with Crippen LogP contribution in [-0.4, -0.2) is 42.0 Å². The van der Waals surface area contributed by atoms with Crippen molar-refractivity contribution in [1.29, 1.82) is 0 Å². The molecule has 3 aromatic rings. The van der Waals surface area contributed by atoms with Crippen molar-refractivity contribution in [3.63, 3.8) is 0 Å². The van der Waals surface area contributed by atoms with Gasteiger partial charge in [-0.25, -0.2) is 4.98 Å². The maximum atomic E-state index is 12.3. The van der Waals surface area contributed by atoms with E-state index in [2.05, 4.69) is 20.7 Å². The Hall–Kier alpha value is -2.93. The van der Waals surface area contributed by atoms with Crippen LogP contribution in [0.3, 0.4) is 0 Å². The third-order valence-electron chi connectivity index (χ3n) is 5.70. The predicted octanol–water partition coefficient (Wildman–Crippen LogP) is 4.09. The zero-order chi connectivity index (χ0) is 21.6. The van der Waals surface area contributed by atoms with Crippen LogP contribution in [0.4, 0.5) is 5.13 Å². The molecule has 1 aliphatic heterocycles. The minimum atomic E-state index is 0.00809. The molecule has 162 valence electrons. The number of benzene rings is 2. The van der Waals surface area contributed by atoms with Gasteiger partial charge in [0.15, 0.2) is 0 Å². The van der Waals surface area contributed by atoms with Crippen LogP contribution in [0, 0.1) is 12.8 Å². The average Bonchev–Trinajstić information content (AvgIpc) is 3.27. The van der Waals surface area contributed by atoms with Gasteiger partial charge in [0.05, 0.1) is 7.11 Å². The molecular formula is C24H28N4O2S. The Kier molecular flexibility index (Phi) is 6.82. The van der Waals surface area contributed by atoms with Crippen LogP contribution in [-0.2, 0) is 6.42 Å². The van der Waals surface area contributed by atoms with E-state index in [9.17, 15) is 4.79 Å². The molecule has 0 bridgehead atoms.